The molecule has 0 unspecified atom stereocenters. The Hall–Kier alpha value is -3.51. The minimum absolute atomic E-state index is 0.358. The van der Waals surface area contributed by atoms with Crippen LogP contribution in [0.1, 0.15) is 0 Å². The van der Waals surface area contributed by atoms with Gasteiger partial charge < -0.3 is 20.4 Å². The average Bonchev–Trinajstić information content (AvgIpc) is 3.14. The van der Waals surface area contributed by atoms with Gasteiger partial charge in [0.1, 0.15) is 11.6 Å². The van der Waals surface area contributed by atoms with Crippen LogP contribution >= 0.6 is 11.6 Å². The maximum absolute atomic E-state index is 12.3. The molecule has 7 heteroatoms. The molecule has 0 atom stereocenters. The highest BCUT2D eigenvalue weighted by Gasteiger charge is 2.11. The number of hydrogen-bond donors (Lipinski definition) is 3. The maximum Gasteiger partial charge on any atom is 0.323 e. The van der Waals surface area contributed by atoms with Crippen molar-refractivity contribution < 1.29 is 9.53 Å². The number of halogens is 1. The molecule has 3 aromatic carbocycles. The van der Waals surface area contributed by atoms with Gasteiger partial charge in [-0.1, -0.05) is 23.7 Å². The van der Waals surface area contributed by atoms with Crippen LogP contribution in [0.15, 0.2) is 66.7 Å². The third-order valence-electron chi connectivity index (χ3n) is 4.22. The summed E-state index contributed by atoms with van der Waals surface area (Å²) in [5, 5.41) is 6.13. The number of carbonyl (C=O) groups excluding carboxylic acids is 1. The van der Waals surface area contributed by atoms with Crippen LogP contribution in [0.2, 0.25) is 5.02 Å². The first-order chi connectivity index (χ1) is 13.6. The molecule has 0 bridgehead atoms. The SMILES string of the molecule is COc1ccc(NC(=O)Nc2ccc(Cl)c(-c3nc4ccccc4[nH]3)c2)cc1. The molecule has 0 aliphatic heterocycles. The molecule has 2 amide bonds. The number of imidazole rings is 1. The zero-order valence-electron chi connectivity index (χ0n) is 15.0. The molecule has 0 aliphatic carbocycles. The molecule has 0 aliphatic rings. The number of nitrogens with one attached hydrogen (secondary N) is 3. The van der Waals surface area contributed by atoms with Crippen LogP contribution < -0.4 is 15.4 Å². The van der Waals surface area contributed by atoms with E-state index in [0.29, 0.717) is 27.8 Å². The van der Waals surface area contributed by atoms with Crippen molar-refractivity contribution in [1.29, 1.82) is 0 Å². The van der Waals surface area contributed by atoms with Crippen LogP contribution in [-0.4, -0.2) is 23.1 Å². The van der Waals surface area contributed by atoms with Crippen molar-refractivity contribution in [2.45, 2.75) is 0 Å². The van der Waals surface area contributed by atoms with E-state index in [-0.39, 0.29) is 6.03 Å². The van der Waals surface area contributed by atoms with Crippen LogP contribution in [-0.2, 0) is 0 Å². The Bertz CT molecular complexity index is 1110. The molecular weight excluding hydrogens is 376 g/mol. The largest absolute Gasteiger partial charge is 0.497 e. The third-order valence-corrected chi connectivity index (χ3v) is 4.55. The molecular formula is C21H17ClN4O2. The summed E-state index contributed by atoms with van der Waals surface area (Å²) in [7, 11) is 1.59. The second-order valence-electron chi connectivity index (χ2n) is 6.10. The number of aromatic nitrogens is 2. The Morgan fingerprint density at radius 3 is 2.46 bits per heavy atom. The van der Waals surface area contributed by atoms with Gasteiger partial charge in [-0.15, -0.1) is 0 Å². The van der Waals surface area contributed by atoms with Gasteiger partial charge in [-0.25, -0.2) is 9.78 Å². The van der Waals surface area contributed by atoms with Crippen molar-refractivity contribution >= 4 is 40.0 Å². The van der Waals surface area contributed by atoms with Crippen molar-refractivity contribution in [3.63, 3.8) is 0 Å². The van der Waals surface area contributed by atoms with Crippen molar-refractivity contribution in [2.75, 3.05) is 17.7 Å². The molecule has 3 N–H and O–H groups in total. The summed E-state index contributed by atoms with van der Waals surface area (Å²) in [5.41, 5.74) is 3.74. The molecule has 0 spiro atoms. The Balaban J connectivity index is 1.53. The van der Waals surface area contributed by atoms with Crippen molar-refractivity contribution in [1.82, 2.24) is 9.97 Å². The summed E-state index contributed by atoms with van der Waals surface area (Å²) >= 11 is 6.35. The summed E-state index contributed by atoms with van der Waals surface area (Å²) in [5.74, 6) is 1.37. The average molecular weight is 393 g/mol. The monoisotopic (exact) mass is 392 g/mol. The van der Waals surface area contributed by atoms with Gasteiger partial charge in [0.15, 0.2) is 0 Å². The molecule has 140 valence electrons. The number of fused-ring (bicyclic) bond motifs is 1. The van der Waals surface area contributed by atoms with E-state index in [1.165, 1.54) is 0 Å². The first-order valence-corrected chi connectivity index (χ1v) is 8.97. The molecule has 4 rings (SSSR count). The fourth-order valence-corrected chi connectivity index (χ4v) is 3.04. The summed E-state index contributed by atoms with van der Waals surface area (Å²) in [6, 6.07) is 19.7. The number of benzene rings is 3. The third kappa shape index (κ3) is 3.77. The van der Waals surface area contributed by atoms with E-state index in [4.69, 9.17) is 16.3 Å². The molecule has 1 heterocycles. The molecule has 4 aromatic rings. The minimum Gasteiger partial charge on any atom is -0.497 e. The molecule has 0 radical (unpaired) electrons. The Labute approximate surface area is 166 Å². The highest BCUT2D eigenvalue weighted by atomic mass is 35.5. The van der Waals surface area contributed by atoms with Crippen LogP contribution in [0.3, 0.4) is 0 Å². The normalized spacial score (nSPS) is 10.6. The molecule has 28 heavy (non-hydrogen) atoms. The number of H-pyrrole nitrogens is 1. The van der Waals surface area contributed by atoms with E-state index in [9.17, 15) is 4.79 Å². The Kier molecular flexibility index (Phi) is 4.87. The second-order valence-corrected chi connectivity index (χ2v) is 6.51. The number of hydrogen-bond acceptors (Lipinski definition) is 3. The standard InChI is InChI=1S/C21H17ClN4O2/c1-28-15-9-6-13(7-10-15)23-21(27)24-14-8-11-17(22)16(12-14)20-25-18-4-2-3-5-19(18)26-20/h2-12H,1H3,(H,25,26)(H2,23,24,27). The lowest BCUT2D eigenvalue weighted by atomic mass is 10.2. The van der Waals surface area contributed by atoms with Gasteiger partial charge in [0, 0.05) is 16.9 Å². The fourth-order valence-electron chi connectivity index (χ4n) is 2.83. The van der Waals surface area contributed by atoms with Crippen LogP contribution in [0.25, 0.3) is 22.4 Å². The molecule has 1 aromatic heterocycles. The van der Waals surface area contributed by atoms with Crippen molar-refractivity contribution in [2.24, 2.45) is 0 Å². The number of ether oxygens (including phenoxy) is 1. The number of para-hydroxylation sites is 2. The number of carbonyl (C=O) groups is 1. The summed E-state index contributed by atoms with van der Waals surface area (Å²) < 4.78 is 5.11. The van der Waals surface area contributed by atoms with Gasteiger partial charge in [0.05, 0.1) is 23.2 Å². The van der Waals surface area contributed by atoms with E-state index < -0.39 is 0 Å². The number of urea groups is 1. The first-order valence-electron chi connectivity index (χ1n) is 8.59. The topological polar surface area (TPSA) is 79.0 Å². The number of amides is 2. The number of aromatic amines is 1. The smallest absolute Gasteiger partial charge is 0.323 e. The van der Waals surface area contributed by atoms with E-state index in [1.54, 1.807) is 49.6 Å². The van der Waals surface area contributed by atoms with E-state index >= 15 is 0 Å². The number of anilines is 2. The summed E-state index contributed by atoms with van der Waals surface area (Å²) in [6.07, 6.45) is 0. The Morgan fingerprint density at radius 1 is 1.00 bits per heavy atom. The Morgan fingerprint density at radius 2 is 1.71 bits per heavy atom. The van der Waals surface area contributed by atoms with Crippen molar-refractivity contribution in [3.8, 4) is 17.1 Å². The lowest BCUT2D eigenvalue weighted by Crippen LogP contribution is -2.19. The van der Waals surface area contributed by atoms with Crippen LogP contribution in [0.4, 0.5) is 16.2 Å². The fraction of sp³-hybridized carbons (Fsp3) is 0.0476. The van der Waals surface area contributed by atoms with E-state index in [2.05, 4.69) is 20.6 Å². The number of rotatable bonds is 4. The van der Waals surface area contributed by atoms with E-state index in [1.807, 2.05) is 24.3 Å². The van der Waals surface area contributed by atoms with E-state index in [0.717, 1.165) is 16.8 Å². The minimum atomic E-state index is -0.358. The molecule has 0 saturated carbocycles. The van der Waals surface area contributed by atoms with Gasteiger partial charge >= 0.3 is 6.03 Å². The molecule has 0 saturated heterocycles. The first kappa shape index (κ1) is 17.9. The predicted molar refractivity (Wildman–Crippen MR) is 112 cm³/mol. The lowest BCUT2D eigenvalue weighted by Gasteiger charge is -2.10. The maximum atomic E-state index is 12.3. The number of nitrogens with zero attached hydrogens (tertiary/aromatic N) is 1. The molecule has 6 nitrogen and oxygen atoms in total. The van der Waals surface area contributed by atoms with Gasteiger partial charge in [-0.2, -0.15) is 0 Å². The van der Waals surface area contributed by atoms with Gasteiger partial charge in [-0.05, 0) is 54.6 Å². The summed E-state index contributed by atoms with van der Waals surface area (Å²) in [4.78, 5) is 20.1. The highest BCUT2D eigenvalue weighted by molar-refractivity contribution is 6.33. The van der Waals surface area contributed by atoms with Crippen LogP contribution in [0, 0.1) is 0 Å². The zero-order valence-corrected chi connectivity index (χ0v) is 15.7. The quantitative estimate of drug-likeness (QED) is 0.427. The van der Waals surface area contributed by atoms with Gasteiger partial charge in [-0.3, -0.25) is 0 Å². The van der Waals surface area contributed by atoms with Crippen molar-refractivity contribution in [3.05, 3.63) is 71.8 Å². The molecule has 0 fully saturated rings. The second kappa shape index (κ2) is 7.62. The zero-order chi connectivity index (χ0) is 19.5. The summed E-state index contributed by atoms with van der Waals surface area (Å²) in [6.45, 7) is 0. The highest BCUT2D eigenvalue weighted by Crippen LogP contribution is 2.30. The van der Waals surface area contributed by atoms with Crippen LogP contribution in [0.5, 0.6) is 5.75 Å². The van der Waals surface area contributed by atoms with Gasteiger partial charge in [0.2, 0.25) is 0 Å². The number of methoxy groups -OCH3 is 1. The lowest BCUT2D eigenvalue weighted by molar-refractivity contribution is 0.262. The van der Waals surface area contributed by atoms with Gasteiger partial charge in [0.25, 0.3) is 0 Å². The predicted octanol–water partition coefficient (Wildman–Crippen LogP) is 5.54.